The van der Waals surface area contributed by atoms with Gasteiger partial charge in [-0.05, 0) is 55.7 Å². The molecule has 3 aromatic rings. The largest absolute Gasteiger partial charge is 0.497 e. The first-order valence-electron chi connectivity index (χ1n) is 11.4. The Hall–Kier alpha value is -3.40. The van der Waals surface area contributed by atoms with Gasteiger partial charge < -0.3 is 19.7 Å². The van der Waals surface area contributed by atoms with Gasteiger partial charge in [0.05, 0.1) is 36.2 Å². The summed E-state index contributed by atoms with van der Waals surface area (Å²) < 4.78 is 34.6. The van der Waals surface area contributed by atoms with E-state index in [4.69, 9.17) is 9.47 Å². The van der Waals surface area contributed by atoms with Crippen molar-refractivity contribution in [2.24, 2.45) is 5.92 Å². The number of amides is 1. The number of fused-ring (bicyclic) bond motifs is 1. The first kappa shape index (κ1) is 24.7. The number of sulfone groups is 1. The van der Waals surface area contributed by atoms with Crippen molar-refractivity contribution in [2.45, 2.75) is 31.2 Å². The fourth-order valence-corrected chi connectivity index (χ4v) is 4.94. The molecule has 1 fully saturated rings. The Labute approximate surface area is 205 Å². The summed E-state index contributed by atoms with van der Waals surface area (Å²) in [5, 5.41) is 3.83. The minimum atomic E-state index is -3.35. The lowest BCUT2D eigenvalue weighted by atomic mass is 9.97. The van der Waals surface area contributed by atoms with E-state index in [1.54, 1.807) is 38.5 Å². The van der Waals surface area contributed by atoms with Gasteiger partial charge in [-0.25, -0.2) is 18.4 Å². The molecule has 2 aromatic carbocycles. The molecule has 1 aliphatic rings. The van der Waals surface area contributed by atoms with Gasteiger partial charge in [0.2, 0.25) is 11.9 Å². The van der Waals surface area contributed by atoms with Crippen LogP contribution >= 0.6 is 0 Å². The predicted octanol–water partition coefficient (Wildman–Crippen LogP) is 2.89. The van der Waals surface area contributed by atoms with Gasteiger partial charge in [0.25, 0.3) is 0 Å². The molecule has 0 unspecified atom stereocenters. The third-order valence-corrected chi connectivity index (χ3v) is 7.34. The Balaban J connectivity index is 1.49. The molecule has 2 heterocycles. The number of piperidine rings is 1. The van der Waals surface area contributed by atoms with Crippen LogP contribution in [0.3, 0.4) is 0 Å². The van der Waals surface area contributed by atoms with Crippen LogP contribution in [0, 0.1) is 12.8 Å². The molecule has 0 spiro atoms. The number of ether oxygens (including phenoxy) is 2. The van der Waals surface area contributed by atoms with E-state index in [-0.39, 0.29) is 16.7 Å². The molecule has 9 nitrogen and oxygen atoms in total. The van der Waals surface area contributed by atoms with Crippen LogP contribution in [0.2, 0.25) is 0 Å². The number of hydrogen-bond acceptors (Lipinski definition) is 8. The maximum Gasteiger partial charge on any atom is 0.226 e. The molecule has 1 aliphatic heterocycles. The molecule has 0 bridgehead atoms. The smallest absolute Gasteiger partial charge is 0.226 e. The Morgan fingerprint density at radius 3 is 2.49 bits per heavy atom. The first-order valence-corrected chi connectivity index (χ1v) is 13.3. The van der Waals surface area contributed by atoms with Gasteiger partial charge >= 0.3 is 0 Å². The third kappa shape index (κ3) is 5.64. The van der Waals surface area contributed by atoms with Crippen molar-refractivity contribution in [3.8, 4) is 11.5 Å². The van der Waals surface area contributed by atoms with Gasteiger partial charge in [0.1, 0.15) is 11.5 Å². The number of aromatic nitrogens is 2. The highest BCUT2D eigenvalue weighted by Crippen LogP contribution is 2.26. The van der Waals surface area contributed by atoms with E-state index in [1.807, 2.05) is 24.0 Å². The molecule has 1 saturated heterocycles. The highest BCUT2D eigenvalue weighted by molar-refractivity contribution is 7.90. The van der Waals surface area contributed by atoms with Crippen LogP contribution in [-0.2, 0) is 21.2 Å². The van der Waals surface area contributed by atoms with E-state index in [2.05, 4.69) is 15.3 Å². The van der Waals surface area contributed by atoms with Gasteiger partial charge in [-0.2, -0.15) is 0 Å². The number of carbonyl (C=O) groups excluding carboxylic acids is 1. The van der Waals surface area contributed by atoms with Crippen molar-refractivity contribution in [2.75, 3.05) is 38.5 Å². The van der Waals surface area contributed by atoms with Crippen molar-refractivity contribution < 1.29 is 22.7 Å². The zero-order valence-electron chi connectivity index (χ0n) is 20.4. The topological polar surface area (TPSA) is 111 Å². The lowest BCUT2D eigenvalue weighted by Gasteiger charge is -2.32. The van der Waals surface area contributed by atoms with E-state index in [9.17, 15) is 13.2 Å². The summed E-state index contributed by atoms with van der Waals surface area (Å²) >= 11 is 0. The SMILES string of the molecule is COc1cc(CNC(=O)[C@H]2CCCN(c3nc(C)c4ccc(S(C)(=O)=O)cc4n3)C2)cc(OC)c1. The number of methoxy groups -OCH3 is 2. The van der Waals surface area contributed by atoms with Crippen LogP contribution in [0.15, 0.2) is 41.3 Å². The van der Waals surface area contributed by atoms with Crippen LogP contribution in [0.25, 0.3) is 10.9 Å². The standard InChI is InChI=1S/C25H30N4O5S/c1-16-22-8-7-21(35(4,31)32)13-23(22)28-25(27-16)29-9-5-6-18(15-29)24(30)26-14-17-10-19(33-2)12-20(11-17)34-3/h7-8,10-13,18H,5-6,9,14-15H2,1-4H3,(H,26,30)/t18-/m0/s1. The minimum absolute atomic E-state index is 0.0339. The second-order valence-corrected chi connectivity index (χ2v) is 10.8. The average Bonchev–Trinajstić information content (AvgIpc) is 2.86. The predicted molar refractivity (Wildman–Crippen MR) is 134 cm³/mol. The maximum atomic E-state index is 13.0. The van der Waals surface area contributed by atoms with Gasteiger partial charge in [-0.1, -0.05) is 0 Å². The van der Waals surface area contributed by atoms with Crippen LogP contribution in [0.4, 0.5) is 5.95 Å². The van der Waals surface area contributed by atoms with Gasteiger partial charge in [0.15, 0.2) is 9.84 Å². The monoisotopic (exact) mass is 498 g/mol. The van der Waals surface area contributed by atoms with E-state index in [0.717, 1.165) is 36.0 Å². The van der Waals surface area contributed by atoms with Gasteiger partial charge in [-0.3, -0.25) is 4.79 Å². The Morgan fingerprint density at radius 1 is 1.11 bits per heavy atom. The minimum Gasteiger partial charge on any atom is -0.497 e. The van der Waals surface area contributed by atoms with Crippen LogP contribution < -0.4 is 19.7 Å². The lowest BCUT2D eigenvalue weighted by Crippen LogP contribution is -2.43. The van der Waals surface area contributed by atoms with Gasteiger partial charge in [0, 0.05) is 37.3 Å². The molecule has 10 heteroatoms. The molecule has 186 valence electrons. The van der Waals surface area contributed by atoms with Crippen LogP contribution in [-0.4, -0.2) is 57.9 Å². The van der Waals surface area contributed by atoms with E-state index < -0.39 is 9.84 Å². The summed E-state index contributed by atoms with van der Waals surface area (Å²) in [5.41, 5.74) is 2.23. The second-order valence-electron chi connectivity index (χ2n) is 8.78. The number of hydrogen-bond donors (Lipinski definition) is 1. The summed E-state index contributed by atoms with van der Waals surface area (Å²) in [7, 11) is -0.167. The summed E-state index contributed by atoms with van der Waals surface area (Å²) in [5.74, 6) is 1.60. The van der Waals surface area contributed by atoms with E-state index >= 15 is 0 Å². The fourth-order valence-electron chi connectivity index (χ4n) is 4.30. The molecule has 1 atom stereocenters. The zero-order valence-corrected chi connectivity index (χ0v) is 21.2. The van der Waals surface area contributed by atoms with E-state index in [0.29, 0.717) is 36.1 Å². The third-order valence-electron chi connectivity index (χ3n) is 6.23. The summed E-state index contributed by atoms with van der Waals surface area (Å²) in [4.78, 5) is 24.5. The number of nitrogens with zero attached hydrogens (tertiary/aromatic N) is 3. The van der Waals surface area contributed by atoms with Gasteiger partial charge in [-0.15, -0.1) is 0 Å². The zero-order chi connectivity index (χ0) is 25.2. The van der Waals surface area contributed by atoms with Crippen LogP contribution in [0.5, 0.6) is 11.5 Å². The fraction of sp³-hybridized carbons (Fsp3) is 0.400. The molecule has 1 amide bonds. The molecule has 1 aromatic heterocycles. The normalized spacial score (nSPS) is 16.2. The maximum absolute atomic E-state index is 13.0. The molecule has 0 radical (unpaired) electrons. The quantitative estimate of drug-likeness (QED) is 0.529. The van der Waals surface area contributed by atoms with Crippen molar-refractivity contribution in [1.29, 1.82) is 0 Å². The highest BCUT2D eigenvalue weighted by Gasteiger charge is 2.27. The van der Waals surface area contributed by atoms with Crippen LogP contribution in [0.1, 0.15) is 24.1 Å². The Kier molecular flexibility index (Phi) is 7.11. The Morgan fingerprint density at radius 2 is 1.83 bits per heavy atom. The second kappa shape index (κ2) is 10.1. The lowest BCUT2D eigenvalue weighted by molar-refractivity contribution is -0.125. The summed E-state index contributed by atoms with van der Waals surface area (Å²) in [6.07, 6.45) is 2.78. The molecule has 35 heavy (non-hydrogen) atoms. The summed E-state index contributed by atoms with van der Waals surface area (Å²) in [6, 6.07) is 10.4. The molecule has 1 N–H and O–H groups in total. The van der Waals surface area contributed by atoms with Crippen molar-refractivity contribution >= 4 is 32.6 Å². The van der Waals surface area contributed by atoms with Crippen molar-refractivity contribution in [3.05, 3.63) is 47.7 Å². The van der Waals surface area contributed by atoms with Crippen molar-refractivity contribution in [3.63, 3.8) is 0 Å². The first-order chi connectivity index (χ1) is 16.7. The number of carbonyl (C=O) groups is 1. The number of aryl methyl sites for hydroxylation is 1. The molecule has 0 saturated carbocycles. The average molecular weight is 499 g/mol. The molecule has 4 rings (SSSR count). The van der Waals surface area contributed by atoms with Crippen molar-refractivity contribution in [1.82, 2.24) is 15.3 Å². The molecule has 0 aliphatic carbocycles. The number of anilines is 1. The van der Waals surface area contributed by atoms with E-state index in [1.165, 1.54) is 6.26 Å². The number of benzene rings is 2. The summed E-state index contributed by atoms with van der Waals surface area (Å²) in [6.45, 7) is 3.46. The number of nitrogens with one attached hydrogen (secondary N) is 1. The molecular weight excluding hydrogens is 468 g/mol. The molecular formula is C25H30N4O5S. The highest BCUT2D eigenvalue weighted by atomic mass is 32.2. The Bertz CT molecular complexity index is 1340. The number of rotatable bonds is 7.